The van der Waals surface area contributed by atoms with Crippen molar-refractivity contribution in [2.75, 3.05) is 11.9 Å². The Morgan fingerprint density at radius 1 is 1.16 bits per heavy atom. The molecule has 2 aliphatic rings. The monoisotopic (exact) mass is 668 g/mol. The maximum Gasteiger partial charge on any atom is 0.258 e. The van der Waals surface area contributed by atoms with Crippen LogP contribution in [0.2, 0.25) is 25.7 Å². The number of carbonyl (C=O) groups excluding carboxylic acids is 2. The molecule has 10 heteroatoms. The number of ether oxygens (including phenoxy) is 1. The number of rotatable bonds is 11. The number of anilines is 1. The van der Waals surface area contributed by atoms with Crippen molar-refractivity contribution >= 4 is 41.5 Å². The summed E-state index contributed by atoms with van der Waals surface area (Å²) < 4.78 is 23.5. The third kappa shape index (κ3) is 7.46. The normalized spacial score (nSPS) is 18.1. The molecule has 0 aliphatic heterocycles. The Labute approximate surface area is 263 Å². The van der Waals surface area contributed by atoms with Gasteiger partial charge in [-0.15, -0.1) is 0 Å². The molecule has 7 nitrogen and oxygen atoms in total. The van der Waals surface area contributed by atoms with E-state index in [0.717, 1.165) is 70.0 Å². The molecule has 1 saturated carbocycles. The minimum absolute atomic E-state index is 0.196. The lowest BCUT2D eigenvalue weighted by atomic mass is 9.78. The van der Waals surface area contributed by atoms with Gasteiger partial charge in [0.2, 0.25) is 5.91 Å². The van der Waals surface area contributed by atoms with E-state index < -0.39 is 25.7 Å². The molecule has 1 heterocycles. The SMILES string of the molecule is Cc1nn(COCC[Si](C)(C)C)c(C)c1-c1ccc(NC(=O)[C@@H](NC(=O)C2(F)CC2)[C@@H]2CCCc3ccc(Br)cc32)cc1. The first-order valence-corrected chi connectivity index (χ1v) is 19.7. The fraction of sp³-hybridized carbons (Fsp3) is 0.485. The van der Waals surface area contributed by atoms with Crippen LogP contribution in [0.5, 0.6) is 0 Å². The summed E-state index contributed by atoms with van der Waals surface area (Å²) in [6.07, 6.45) is 2.92. The zero-order valence-corrected chi connectivity index (χ0v) is 28.3. The molecule has 2 N–H and O–H groups in total. The van der Waals surface area contributed by atoms with E-state index in [9.17, 15) is 14.0 Å². The van der Waals surface area contributed by atoms with E-state index in [-0.39, 0.29) is 24.7 Å². The van der Waals surface area contributed by atoms with Crippen LogP contribution in [0.4, 0.5) is 10.1 Å². The Hall–Kier alpha value is -2.82. The number of fused-ring (bicyclic) bond motifs is 1. The Morgan fingerprint density at radius 2 is 1.88 bits per heavy atom. The van der Waals surface area contributed by atoms with E-state index in [1.165, 1.54) is 0 Å². The number of aromatic nitrogens is 2. The van der Waals surface area contributed by atoms with E-state index in [0.29, 0.717) is 12.4 Å². The van der Waals surface area contributed by atoms with Crippen molar-refractivity contribution in [3.8, 4) is 11.1 Å². The molecule has 3 aromatic rings. The summed E-state index contributed by atoms with van der Waals surface area (Å²) in [4.78, 5) is 26.6. The minimum atomic E-state index is -1.87. The number of amides is 2. The van der Waals surface area contributed by atoms with Gasteiger partial charge in [0.15, 0.2) is 5.67 Å². The average Bonchev–Trinajstić information content (AvgIpc) is 3.65. The van der Waals surface area contributed by atoms with E-state index in [1.54, 1.807) is 0 Å². The molecule has 0 unspecified atom stereocenters. The first kappa shape index (κ1) is 31.6. The molecule has 2 aromatic carbocycles. The maximum atomic E-state index is 14.7. The highest BCUT2D eigenvalue weighted by Gasteiger charge is 2.52. The fourth-order valence-electron chi connectivity index (χ4n) is 5.82. The van der Waals surface area contributed by atoms with Crippen molar-refractivity contribution in [1.29, 1.82) is 0 Å². The van der Waals surface area contributed by atoms with Crippen molar-refractivity contribution < 1.29 is 18.7 Å². The lowest BCUT2D eigenvalue weighted by molar-refractivity contribution is -0.131. The van der Waals surface area contributed by atoms with Crippen LogP contribution in [0, 0.1) is 13.8 Å². The van der Waals surface area contributed by atoms with Crippen LogP contribution >= 0.6 is 15.9 Å². The molecule has 230 valence electrons. The maximum absolute atomic E-state index is 14.7. The summed E-state index contributed by atoms with van der Waals surface area (Å²) in [6.45, 7) is 12.2. The minimum Gasteiger partial charge on any atom is -0.360 e. The van der Waals surface area contributed by atoms with Gasteiger partial charge in [0, 0.05) is 42.0 Å². The summed E-state index contributed by atoms with van der Waals surface area (Å²) in [6, 6.07) is 13.9. The topological polar surface area (TPSA) is 85.2 Å². The lowest BCUT2D eigenvalue weighted by Gasteiger charge is -2.32. The number of nitrogens with zero attached hydrogens (tertiary/aromatic N) is 2. The molecule has 2 aliphatic carbocycles. The molecular formula is C33H42BrFN4O3Si. The molecule has 2 amide bonds. The predicted octanol–water partition coefficient (Wildman–Crippen LogP) is 7.29. The number of hydrogen-bond donors (Lipinski definition) is 2. The van der Waals surface area contributed by atoms with Crippen molar-refractivity contribution in [3.05, 3.63) is 69.5 Å². The molecule has 5 rings (SSSR count). The second kappa shape index (κ2) is 12.7. The Balaban J connectivity index is 1.32. The molecule has 0 radical (unpaired) electrons. The molecule has 43 heavy (non-hydrogen) atoms. The first-order chi connectivity index (χ1) is 20.3. The number of aryl methyl sites for hydroxylation is 2. The average molecular weight is 670 g/mol. The van der Waals surface area contributed by atoms with Gasteiger partial charge in [-0.1, -0.05) is 53.8 Å². The van der Waals surface area contributed by atoms with Crippen molar-refractivity contribution in [2.45, 2.75) is 96.0 Å². The van der Waals surface area contributed by atoms with Gasteiger partial charge in [-0.25, -0.2) is 9.07 Å². The zero-order valence-electron chi connectivity index (χ0n) is 25.7. The number of benzene rings is 2. The summed E-state index contributed by atoms with van der Waals surface area (Å²) >= 11 is 3.55. The second-order valence-electron chi connectivity index (χ2n) is 13.2. The summed E-state index contributed by atoms with van der Waals surface area (Å²) in [5.74, 6) is -1.30. The van der Waals surface area contributed by atoms with Crippen LogP contribution < -0.4 is 10.6 Å². The lowest BCUT2D eigenvalue weighted by Crippen LogP contribution is -2.51. The van der Waals surface area contributed by atoms with Crippen molar-refractivity contribution in [2.24, 2.45) is 0 Å². The Bertz CT molecular complexity index is 1500. The fourth-order valence-corrected chi connectivity index (χ4v) is 6.95. The van der Waals surface area contributed by atoms with Crippen LogP contribution in [0.25, 0.3) is 11.1 Å². The second-order valence-corrected chi connectivity index (χ2v) is 19.8. The van der Waals surface area contributed by atoms with Gasteiger partial charge in [-0.3, -0.25) is 9.59 Å². The highest BCUT2D eigenvalue weighted by Crippen LogP contribution is 2.41. The van der Waals surface area contributed by atoms with Gasteiger partial charge in [0.05, 0.1) is 5.69 Å². The van der Waals surface area contributed by atoms with Crippen LogP contribution in [-0.2, 0) is 27.5 Å². The molecule has 2 atom stereocenters. The van der Waals surface area contributed by atoms with Crippen LogP contribution in [0.1, 0.15) is 54.1 Å². The van der Waals surface area contributed by atoms with Gasteiger partial charge >= 0.3 is 0 Å². The van der Waals surface area contributed by atoms with Crippen LogP contribution in [0.3, 0.4) is 0 Å². The van der Waals surface area contributed by atoms with Gasteiger partial charge in [-0.2, -0.15) is 5.10 Å². The Morgan fingerprint density at radius 3 is 2.56 bits per heavy atom. The van der Waals surface area contributed by atoms with Gasteiger partial charge in [0.25, 0.3) is 5.91 Å². The number of alkyl halides is 1. The standard InChI is InChI=1S/C33H42BrFN4O3Si/c1-21-29(22(2)39(38-21)20-42-17-18-43(3,4)5)24-10-13-26(14-11-24)36-31(40)30(37-32(41)33(35)15-16-33)27-8-6-7-23-9-12-25(34)19-28(23)27/h9-14,19,27,30H,6-8,15-18,20H2,1-5H3,(H,36,40)(H,37,41)/t27-,30+/m1/s1. The number of nitrogens with one attached hydrogen (secondary N) is 2. The van der Waals surface area contributed by atoms with Crippen molar-refractivity contribution in [3.63, 3.8) is 0 Å². The summed E-state index contributed by atoms with van der Waals surface area (Å²) in [5, 5.41) is 10.5. The van der Waals surface area contributed by atoms with Gasteiger partial charge in [0.1, 0.15) is 12.8 Å². The van der Waals surface area contributed by atoms with E-state index in [2.05, 4.69) is 52.3 Å². The van der Waals surface area contributed by atoms with Crippen LogP contribution in [0.15, 0.2) is 46.9 Å². The Kier molecular flexibility index (Phi) is 9.30. The zero-order chi connectivity index (χ0) is 30.9. The number of halogens is 2. The largest absolute Gasteiger partial charge is 0.360 e. The molecule has 0 bridgehead atoms. The highest BCUT2D eigenvalue weighted by molar-refractivity contribution is 9.10. The molecule has 1 aromatic heterocycles. The third-order valence-corrected chi connectivity index (χ3v) is 10.8. The van der Waals surface area contributed by atoms with E-state index in [1.807, 2.05) is 54.9 Å². The quantitative estimate of drug-likeness (QED) is 0.166. The van der Waals surface area contributed by atoms with Crippen molar-refractivity contribution in [1.82, 2.24) is 15.1 Å². The molecule has 0 saturated heterocycles. The number of carbonyl (C=O) groups is 2. The van der Waals surface area contributed by atoms with Gasteiger partial charge in [-0.05, 0) is 93.0 Å². The van der Waals surface area contributed by atoms with Crippen LogP contribution in [-0.4, -0.2) is 48.0 Å². The van der Waals surface area contributed by atoms with E-state index >= 15 is 0 Å². The van der Waals surface area contributed by atoms with E-state index in [4.69, 9.17) is 9.84 Å². The highest BCUT2D eigenvalue weighted by atomic mass is 79.9. The molecule has 0 spiro atoms. The first-order valence-electron chi connectivity index (χ1n) is 15.2. The smallest absolute Gasteiger partial charge is 0.258 e. The summed E-state index contributed by atoms with van der Waals surface area (Å²) in [7, 11) is -1.16. The number of hydrogen-bond acceptors (Lipinski definition) is 4. The predicted molar refractivity (Wildman–Crippen MR) is 175 cm³/mol. The summed E-state index contributed by atoms with van der Waals surface area (Å²) in [5.41, 5.74) is 4.88. The molecule has 1 fully saturated rings. The van der Waals surface area contributed by atoms with Gasteiger partial charge < -0.3 is 15.4 Å². The third-order valence-electron chi connectivity index (χ3n) is 8.57. The molecular weight excluding hydrogens is 627 g/mol.